The predicted molar refractivity (Wildman–Crippen MR) is 44.0 cm³/mol. The molecule has 1 fully saturated rings. The summed E-state index contributed by atoms with van der Waals surface area (Å²) in [6.07, 6.45) is 0. The molecular weight excluding hydrogens is 174 g/mol. The minimum absolute atomic E-state index is 0.326. The second kappa shape index (κ2) is 4.23. The number of esters is 2. The van der Waals surface area contributed by atoms with Crippen molar-refractivity contribution in [2.45, 2.75) is 25.9 Å². The summed E-state index contributed by atoms with van der Waals surface area (Å²) in [6.45, 7) is 4.10. The van der Waals surface area contributed by atoms with Gasteiger partial charge in [-0.3, -0.25) is 14.9 Å². The van der Waals surface area contributed by atoms with Crippen molar-refractivity contribution in [3.63, 3.8) is 0 Å². The summed E-state index contributed by atoms with van der Waals surface area (Å²) in [5, 5.41) is 2.69. The van der Waals surface area contributed by atoms with Gasteiger partial charge >= 0.3 is 11.9 Å². The molecular formula is C8H13NO4. The Morgan fingerprint density at radius 1 is 1.08 bits per heavy atom. The van der Waals surface area contributed by atoms with E-state index in [4.69, 9.17) is 9.47 Å². The zero-order chi connectivity index (χ0) is 9.84. The van der Waals surface area contributed by atoms with Crippen molar-refractivity contribution >= 4 is 11.9 Å². The zero-order valence-electron chi connectivity index (χ0n) is 7.70. The maximum absolute atomic E-state index is 11.0. The van der Waals surface area contributed by atoms with Crippen molar-refractivity contribution in [2.75, 3.05) is 13.2 Å². The van der Waals surface area contributed by atoms with E-state index in [0.29, 0.717) is 13.2 Å². The lowest BCUT2D eigenvalue weighted by atomic mass is 10.3. The number of rotatable bonds is 4. The van der Waals surface area contributed by atoms with Gasteiger partial charge in [0.2, 0.25) is 0 Å². The van der Waals surface area contributed by atoms with E-state index in [1.807, 2.05) is 0 Å². The topological polar surface area (TPSA) is 74.5 Å². The molecule has 74 valence electrons. The molecule has 2 atom stereocenters. The van der Waals surface area contributed by atoms with Crippen molar-refractivity contribution in [3.8, 4) is 0 Å². The van der Waals surface area contributed by atoms with E-state index in [1.165, 1.54) is 0 Å². The van der Waals surface area contributed by atoms with Crippen LogP contribution in [-0.2, 0) is 19.1 Å². The lowest BCUT2D eigenvalue weighted by Crippen LogP contribution is -2.20. The molecule has 13 heavy (non-hydrogen) atoms. The Kier molecular flexibility index (Phi) is 3.25. The molecule has 0 spiro atoms. The predicted octanol–water partition coefficient (Wildman–Crippen LogP) is -0.547. The molecule has 0 bridgehead atoms. The minimum Gasteiger partial charge on any atom is -0.465 e. The first-order chi connectivity index (χ1) is 6.20. The van der Waals surface area contributed by atoms with Crippen LogP contribution in [0.1, 0.15) is 13.8 Å². The van der Waals surface area contributed by atoms with Crippen molar-refractivity contribution in [2.24, 2.45) is 0 Å². The molecule has 0 amide bonds. The third kappa shape index (κ3) is 2.42. The van der Waals surface area contributed by atoms with Crippen LogP contribution in [0.4, 0.5) is 0 Å². The van der Waals surface area contributed by atoms with Gasteiger partial charge in [-0.1, -0.05) is 0 Å². The van der Waals surface area contributed by atoms with Crippen LogP contribution < -0.4 is 5.32 Å². The Labute approximate surface area is 76.4 Å². The maximum atomic E-state index is 11.0. The van der Waals surface area contributed by atoms with Gasteiger partial charge in [-0.05, 0) is 13.8 Å². The van der Waals surface area contributed by atoms with Gasteiger partial charge in [0.15, 0.2) is 0 Å². The molecule has 1 aliphatic heterocycles. The number of carbonyl (C=O) groups excluding carboxylic acids is 2. The van der Waals surface area contributed by atoms with E-state index < -0.39 is 12.1 Å². The van der Waals surface area contributed by atoms with Crippen LogP contribution in [0, 0.1) is 0 Å². The second-order valence-corrected chi connectivity index (χ2v) is 2.63. The number of carbonyl (C=O) groups is 2. The summed E-state index contributed by atoms with van der Waals surface area (Å²) in [4.78, 5) is 22.1. The van der Waals surface area contributed by atoms with Crippen molar-refractivity contribution in [1.29, 1.82) is 0 Å². The Morgan fingerprint density at radius 2 is 1.46 bits per heavy atom. The number of hydrogen-bond acceptors (Lipinski definition) is 5. The monoisotopic (exact) mass is 187 g/mol. The van der Waals surface area contributed by atoms with Gasteiger partial charge < -0.3 is 9.47 Å². The van der Waals surface area contributed by atoms with E-state index in [1.54, 1.807) is 13.8 Å². The minimum atomic E-state index is -0.501. The fraction of sp³-hybridized carbons (Fsp3) is 0.750. The van der Waals surface area contributed by atoms with Crippen LogP contribution in [-0.4, -0.2) is 37.2 Å². The molecule has 0 aliphatic carbocycles. The molecule has 0 unspecified atom stereocenters. The molecule has 1 aliphatic rings. The van der Waals surface area contributed by atoms with Crippen molar-refractivity contribution < 1.29 is 19.1 Å². The van der Waals surface area contributed by atoms with Gasteiger partial charge in [0.1, 0.15) is 12.1 Å². The summed E-state index contributed by atoms with van der Waals surface area (Å²) in [5.74, 6) is -0.777. The van der Waals surface area contributed by atoms with Crippen LogP contribution in [0.2, 0.25) is 0 Å². The number of ether oxygens (including phenoxy) is 2. The lowest BCUT2D eigenvalue weighted by Gasteiger charge is -1.99. The fourth-order valence-corrected chi connectivity index (χ4v) is 1.01. The van der Waals surface area contributed by atoms with Gasteiger partial charge in [-0.25, -0.2) is 0 Å². The molecule has 5 nitrogen and oxygen atoms in total. The average molecular weight is 187 g/mol. The summed E-state index contributed by atoms with van der Waals surface area (Å²) < 4.78 is 9.43. The van der Waals surface area contributed by atoms with Crippen molar-refractivity contribution in [3.05, 3.63) is 0 Å². The van der Waals surface area contributed by atoms with Crippen LogP contribution >= 0.6 is 0 Å². The Morgan fingerprint density at radius 3 is 1.77 bits per heavy atom. The number of hydrogen-bond donors (Lipinski definition) is 1. The van der Waals surface area contributed by atoms with E-state index in [0.717, 1.165) is 0 Å². The highest BCUT2D eigenvalue weighted by Gasteiger charge is 2.49. The van der Waals surface area contributed by atoms with Crippen molar-refractivity contribution in [1.82, 2.24) is 5.32 Å². The van der Waals surface area contributed by atoms with Gasteiger partial charge in [0, 0.05) is 0 Å². The smallest absolute Gasteiger partial charge is 0.325 e. The lowest BCUT2D eigenvalue weighted by molar-refractivity contribution is -0.147. The Bertz CT molecular complexity index is 194. The molecule has 1 heterocycles. The molecule has 0 radical (unpaired) electrons. The van der Waals surface area contributed by atoms with Gasteiger partial charge in [0.05, 0.1) is 13.2 Å². The average Bonchev–Trinajstić information content (AvgIpc) is 2.84. The van der Waals surface area contributed by atoms with Gasteiger partial charge in [-0.15, -0.1) is 0 Å². The maximum Gasteiger partial charge on any atom is 0.325 e. The van der Waals surface area contributed by atoms with Gasteiger partial charge in [0.25, 0.3) is 0 Å². The first-order valence-electron chi connectivity index (χ1n) is 4.30. The molecule has 0 aromatic heterocycles. The van der Waals surface area contributed by atoms with Gasteiger partial charge in [-0.2, -0.15) is 0 Å². The van der Waals surface area contributed by atoms with Crippen LogP contribution in [0.3, 0.4) is 0 Å². The van der Waals surface area contributed by atoms with E-state index in [2.05, 4.69) is 5.32 Å². The van der Waals surface area contributed by atoms with Crippen LogP contribution in [0.25, 0.3) is 0 Å². The summed E-state index contributed by atoms with van der Waals surface area (Å²) in [7, 11) is 0. The third-order valence-electron chi connectivity index (χ3n) is 1.66. The Hall–Kier alpha value is -1.10. The molecule has 5 heteroatoms. The summed E-state index contributed by atoms with van der Waals surface area (Å²) >= 11 is 0. The highest BCUT2D eigenvalue weighted by atomic mass is 16.5. The largest absolute Gasteiger partial charge is 0.465 e. The zero-order valence-corrected chi connectivity index (χ0v) is 7.70. The molecule has 0 saturated carbocycles. The summed E-state index contributed by atoms with van der Waals surface area (Å²) in [6, 6.07) is -1.00. The van der Waals surface area contributed by atoms with E-state index in [9.17, 15) is 9.59 Å². The Balaban J connectivity index is 2.29. The fourth-order valence-electron chi connectivity index (χ4n) is 1.01. The molecule has 0 aromatic carbocycles. The highest BCUT2D eigenvalue weighted by Crippen LogP contribution is 2.14. The first-order valence-corrected chi connectivity index (χ1v) is 4.30. The second-order valence-electron chi connectivity index (χ2n) is 2.63. The van der Waals surface area contributed by atoms with Crippen LogP contribution in [0.5, 0.6) is 0 Å². The van der Waals surface area contributed by atoms with E-state index in [-0.39, 0.29) is 11.9 Å². The standard InChI is InChI=1S/C8H13NO4/c1-3-12-7(10)5-6(9-5)8(11)13-4-2/h5-6,9H,3-4H2,1-2H3/t5-,6+. The highest BCUT2D eigenvalue weighted by molar-refractivity contribution is 5.92. The third-order valence-corrected chi connectivity index (χ3v) is 1.66. The molecule has 1 N–H and O–H groups in total. The first kappa shape index (κ1) is 9.98. The molecule has 0 aromatic rings. The summed E-state index contributed by atoms with van der Waals surface area (Å²) in [5.41, 5.74) is 0. The normalized spacial score (nSPS) is 25.1. The molecule has 1 rings (SSSR count). The molecule has 1 saturated heterocycles. The quantitative estimate of drug-likeness (QED) is 0.472. The van der Waals surface area contributed by atoms with E-state index >= 15 is 0 Å². The number of nitrogens with one attached hydrogen (secondary N) is 1. The van der Waals surface area contributed by atoms with Crippen LogP contribution in [0.15, 0.2) is 0 Å². The SMILES string of the molecule is CCOC(=O)[C@H]1N[C@H]1C(=O)OCC.